The minimum atomic E-state index is -0.343. The fraction of sp³-hybridized carbons (Fsp3) is 0.444. The van der Waals surface area contributed by atoms with E-state index in [0.29, 0.717) is 45.0 Å². The van der Waals surface area contributed by atoms with Gasteiger partial charge in [-0.3, -0.25) is 20.0 Å². The molecule has 6 aromatic carbocycles. The van der Waals surface area contributed by atoms with Crippen molar-refractivity contribution < 1.29 is 20.4 Å². The third-order valence-corrected chi connectivity index (χ3v) is 14.9. The number of nitrogens with zero attached hydrogens (tertiary/aromatic N) is 4. The summed E-state index contributed by atoms with van der Waals surface area (Å²) in [7, 11) is 0. The Morgan fingerprint density at radius 2 is 0.450 bits per heavy atom. The van der Waals surface area contributed by atoms with Gasteiger partial charge in [0.1, 0.15) is 23.0 Å². The molecule has 0 aromatic heterocycles. The van der Waals surface area contributed by atoms with Gasteiger partial charge < -0.3 is 20.4 Å². The molecule has 0 atom stereocenters. The third-order valence-electron chi connectivity index (χ3n) is 14.9. The van der Waals surface area contributed by atoms with Crippen molar-refractivity contribution >= 4 is 47.6 Å². The molecule has 0 radical (unpaired) electrons. The molecule has 0 heterocycles. The molecule has 0 aliphatic carbocycles. The van der Waals surface area contributed by atoms with Gasteiger partial charge in [0, 0.05) is 69.4 Å². The van der Waals surface area contributed by atoms with Crippen molar-refractivity contribution in [2.45, 2.75) is 209 Å². The molecule has 8 heteroatoms. The maximum absolute atomic E-state index is 11.9. The first-order valence-electron chi connectivity index (χ1n) is 28.3. The van der Waals surface area contributed by atoms with Crippen molar-refractivity contribution in [2.75, 3.05) is 0 Å². The summed E-state index contributed by atoms with van der Waals surface area (Å²) in [6.07, 6.45) is 6.88. The highest BCUT2D eigenvalue weighted by Crippen LogP contribution is 2.44. The Kier molecular flexibility index (Phi) is 17.1. The van der Waals surface area contributed by atoms with Gasteiger partial charge in [-0.25, -0.2) is 0 Å². The monoisotopic (exact) mass is 1080 g/mol. The third kappa shape index (κ3) is 14.6. The van der Waals surface area contributed by atoms with Crippen molar-refractivity contribution in [3.05, 3.63) is 152 Å². The molecule has 0 aliphatic rings. The van der Waals surface area contributed by atoms with Crippen LogP contribution in [0.4, 0.5) is 22.7 Å². The van der Waals surface area contributed by atoms with Crippen LogP contribution in [-0.2, 0) is 43.3 Å². The second-order valence-electron chi connectivity index (χ2n) is 30.3. The summed E-state index contributed by atoms with van der Waals surface area (Å²) < 4.78 is 0. The summed E-state index contributed by atoms with van der Waals surface area (Å²) in [6, 6.07) is 28.3. The predicted octanol–water partition coefficient (Wildman–Crippen LogP) is 19.6. The van der Waals surface area contributed by atoms with E-state index in [9.17, 15) is 20.4 Å². The van der Waals surface area contributed by atoms with Gasteiger partial charge >= 0.3 is 0 Å². The molecule has 0 spiro atoms. The zero-order valence-corrected chi connectivity index (χ0v) is 53.0. The molecule has 6 rings (SSSR count). The van der Waals surface area contributed by atoms with Gasteiger partial charge in [-0.05, 0) is 125 Å². The van der Waals surface area contributed by atoms with Gasteiger partial charge in [0.15, 0.2) is 0 Å². The highest BCUT2D eigenvalue weighted by Gasteiger charge is 2.29. The Hall–Kier alpha value is -6.80. The maximum Gasteiger partial charge on any atom is 0.128 e. The molecular formula is C72H94N4O4. The largest absolute Gasteiger partial charge is 0.507 e. The number of hydrogen-bond donors (Lipinski definition) is 4. The van der Waals surface area contributed by atoms with Crippen molar-refractivity contribution in [1.82, 2.24) is 0 Å². The lowest BCUT2D eigenvalue weighted by atomic mass is 9.79. The fourth-order valence-electron chi connectivity index (χ4n) is 9.43. The van der Waals surface area contributed by atoms with Crippen molar-refractivity contribution in [1.29, 1.82) is 0 Å². The normalized spacial score (nSPS) is 13.8. The van der Waals surface area contributed by atoms with E-state index >= 15 is 0 Å². The highest BCUT2D eigenvalue weighted by atomic mass is 16.3. The number of phenolic OH excluding ortho intramolecular Hbond substituents is 4. The molecule has 0 unspecified atom stereocenters. The number of benzene rings is 6. The Morgan fingerprint density at radius 3 is 0.637 bits per heavy atom. The lowest BCUT2D eigenvalue weighted by Crippen LogP contribution is -2.17. The molecule has 8 nitrogen and oxygen atoms in total. The molecule has 0 amide bonds. The average molecular weight is 1080 g/mol. The van der Waals surface area contributed by atoms with Crippen LogP contribution in [0.2, 0.25) is 0 Å². The van der Waals surface area contributed by atoms with Crippen molar-refractivity contribution in [3.8, 4) is 34.1 Å². The number of hydrogen-bond acceptors (Lipinski definition) is 8. The lowest BCUT2D eigenvalue weighted by molar-refractivity contribution is 0.443. The van der Waals surface area contributed by atoms with Crippen LogP contribution in [0.15, 0.2) is 105 Å². The van der Waals surface area contributed by atoms with E-state index in [2.05, 4.69) is 190 Å². The van der Waals surface area contributed by atoms with Crippen LogP contribution in [0.25, 0.3) is 11.1 Å². The van der Waals surface area contributed by atoms with Gasteiger partial charge in [0.25, 0.3) is 0 Å². The molecule has 0 bridgehead atoms. The summed E-state index contributed by atoms with van der Waals surface area (Å²) in [6.45, 7) is 51.2. The molecule has 0 saturated carbocycles. The number of aliphatic imine (C=N–C) groups is 4. The molecule has 80 heavy (non-hydrogen) atoms. The van der Waals surface area contributed by atoms with E-state index in [-0.39, 0.29) is 66.3 Å². The summed E-state index contributed by atoms with van der Waals surface area (Å²) in [5.41, 5.74) is 11.8. The highest BCUT2D eigenvalue weighted by molar-refractivity contribution is 5.94. The van der Waals surface area contributed by atoms with Gasteiger partial charge in [0.2, 0.25) is 0 Å². The molecule has 426 valence electrons. The Labute approximate surface area is 481 Å². The summed E-state index contributed by atoms with van der Waals surface area (Å²) in [4.78, 5) is 20.5. The second kappa shape index (κ2) is 21.9. The van der Waals surface area contributed by atoms with Crippen LogP contribution in [-0.4, -0.2) is 45.3 Å². The van der Waals surface area contributed by atoms with Crippen LogP contribution >= 0.6 is 0 Å². The van der Waals surface area contributed by atoms with Gasteiger partial charge in [0.05, 0.1) is 22.7 Å². The molecule has 0 aliphatic heterocycles. The quantitative estimate of drug-likeness (QED) is 0.107. The van der Waals surface area contributed by atoms with Crippen LogP contribution in [0.5, 0.6) is 23.0 Å². The van der Waals surface area contributed by atoms with Gasteiger partial charge in [-0.2, -0.15) is 0 Å². The summed E-state index contributed by atoms with van der Waals surface area (Å²) in [5, 5.41) is 47.4. The van der Waals surface area contributed by atoms with E-state index < -0.39 is 0 Å². The van der Waals surface area contributed by atoms with Crippen LogP contribution in [0.1, 0.15) is 233 Å². The summed E-state index contributed by atoms with van der Waals surface area (Å²) in [5.74, 6) is 0.722. The molecule has 0 saturated heterocycles. The number of aromatic hydroxyl groups is 4. The number of phenols is 4. The van der Waals surface area contributed by atoms with Crippen LogP contribution in [0.3, 0.4) is 0 Å². The summed E-state index contributed by atoms with van der Waals surface area (Å²) >= 11 is 0. The zero-order valence-electron chi connectivity index (χ0n) is 53.0. The van der Waals surface area contributed by atoms with E-state index in [1.807, 2.05) is 60.7 Å². The Bertz CT molecular complexity index is 3190. The van der Waals surface area contributed by atoms with Crippen LogP contribution in [0, 0.1) is 0 Å². The fourth-order valence-corrected chi connectivity index (χ4v) is 9.43. The average Bonchev–Trinajstić information content (AvgIpc) is 3.30. The van der Waals surface area contributed by atoms with E-state index in [1.54, 1.807) is 24.9 Å². The minimum Gasteiger partial charge on any atom is -0.507 e. The van der Waals surface area contributed by atoms with E-state index in [4.69, 9.17) is 20.0 Å². The molecule has 0 fully saturated rings. The van der Waals surface area contributed by atoms with E-state index in [0.717, 1.165) is 55.6 Å². The number of rotatable bonds is 9. The Balaban J connectivity index is 1.63. The Morgan fingerprint density at radius 1 is 0.250 bits per heavy atom. The molecule has 6 aromatic rings. The van der Waals surface area contributed by atoms with E-state index in [1.165, 1.54) is 0 Å². The van der Waals surface area contributed by atoms with Gasteiger partial charge in [-0.1, -0.05) is 203 Å². The van der Waals surface area contributed by atoms with Gasteiger partial charge in [-0.15, -0.1) is 0 Å². The van der Waals surface area contributed by atoms with Crippen molar-refractivity contribution in [2.24, 2.45) is 20.0 Å². The minimum absolute atomic E-state index is 0.175. The predicted molar refractivity (Wildman–Crippen MR) is 343 cm³/mol. The first-order valence-corrected chi connectivity index (χ1v) is 28.3. The SMILES string of the molecule is CC(C)(C)c1cc(C=Nc2ccc(-c3ccc(N=Cc4cc(C(C)(C)C)cc(C(C)(C)C)c4O)c(N=Cc4cc(C(C)(C)C)cc(C(C)(C)C)c4O)c3)cc2N=Cc2cc(C(C)(C)C)cc(C(C)(C)C)c2O)c(O)c(C(C)(C)C)c1. The standard InChI is InChI=1S/C72H94N4O4/c1-65(2,3)49-29-45(61(77)53(35-49)69(13,14)15)39-73-57-27-25-43(33-59(57)75-41-47-31-51(67(7,8)9)37-55(63(47)79)71(19,20)21)44-26-28-58(74-40-46-30-50(66(4,5)6)36-54(62(46)78)70(16,17)18)60(34-44)76-42-48-32-52(68(10,11)12)38-56(64(48)80)72(22,23)24/h25-42,77-80H,1-24H3. The van der Waals surface area contributed by atoms with Crippen molar-refractivity contribution in [3.63, 3.8) is 0 Å². The second-order valence-corrected chi connectivity index (χ2v) is 30.3. The molecular weight excluding hydrogens is 985 g/mol. The topological polar surface area (TPSA) is 130 Å². The maximum atomic E-state index is 11.9. The smallest absolute Gasteiger partial charge is 0.128 e. The first-order chi connectivity index (χ1) is 36.3. The first kappa shape index (κ1) is 62.4. The zero-order chi connectivity index (χ0) is 60.3. The lowest BCUT2D eigenvalue weighted by Gasteiger charge is -2.27. The van der Waals surface area contributed by atoms with Crippen LogP contribution < -0.4 is 0 Å². The molecule has 4 N–H and O–H groups in total.